The lowest BCUT2D eigenvalue weighted by Crippen LogP contribution is -2.37. The van der Waals surface area contributed by atoms with Gasteiger partial charge in [-0.2, -0.15) is 0 Å². The molecule has 0 bridgehead atoms. The molecule has 2 fully saturated rings. The van der Waals surface area contributed by atoms with E-state index in [1.165, 1.54) is 84.0 Å². The van der Waals surface area contributed by atoms with Crippen molar-refractivity contribution in [1.82, 2.24) is 10.2 Å². The summed E-state index contributed by atoms with van der Waals surface area (Å²) in [5, 5.41) is 3.54. The van der Waals surface area contributed by atoms with Crippen molar-refractivity contribution in [2.75, 3.05) is 26.2 Å². The van der Waals surface area contributed by atoms with E-state index in [1.54, 1.807) is 0 Å². The van der Waals surface area contributed by atoms with Gasteiger partial charge in [-0.3, -0.25) is 0 Å². The van der Waals surface area contributed by atoms with E-state index in [0.717, 1.165) is 12.0 Å². The van der Waals surface area contributed by atoms with Crippen LogP contribution in [-0.4, -0.2) is 37.1 Å². The average molecular weight is 252 g/mol. The maximum absolute atomic E-state index is 3.54. The minimum absolute atomic E-state index is 0.910. The Bertz CT molecular complexity index is 205. The maximum atomic E-state index is 3.54. The minimum Gasteiger partial charge on any atom is -0.316 e. The fraction of sp³-hybridized carbons (Fsp3) is 1.00. The summed E-state index contributed by atoms with van der Waals surface area (Å²) in [6, 6.07) is 0.910. The zero-order chi connectivity index (χ0) is 12.6. The molecule has 1 saturated carbocycles. The molecule has 1 atom stereocenters. The number of hydrogen-bond donors (Lipinski definition) is 1. The van der Waals surface area contributed by atoms with Crippen molar-refractivity contribution in [2.45, 2.75) is 70.8 Å². The molecule has 2 rings (SSSR count). The molecular formula is C16H32N2. The Labute approximate surface area is 114 Å². The summed E-state index contributed by atoms with van der Waals surface area (Å²) in [6.07, 6.45) is 13.0. The molecule has 1 aliphatic carbocycles. The Kier molecular flexibility index (Phi) is 6.50. The summed E-state index contributed by atoms with van der Waals surface area (Å²) in [5.74, 6) is 0.962. The van der Waals surface area contributed by atoms with Crippen LogP contribution < -0.4 is 5.32 Å². The van der Waals surface area contributed by atoms with Crippen LogP contribution in [0, 0.1) is 5.92 Å². The van der Waals surface area contributed by atoms with E-state index in [4.69, 9.17) is 0 Å². The summed E-state index contributed by atoms with van der Waals surface area (Å²) in [6.45, 7) is 7.47. The van der Waals surface area contributed by atoms with Crippen molar-refractivity contribution in [3.8, 4) is 0 Å². The first-order valence-electron chi connectivity index (χ1n) is 8.35. The predicted octanol–water partition coefficient (Wildman–Crippen LogP) is 3.42. The van der Waals surface area contributed by atoms with Crippen molar-refractivity contribution in [1.29, 1.82) is 0 Å². The second-order valence-corrected chi connectivity index (χ2v) is 6.28. The van der Waals surface area contributed by atoms with Gasteiger partial charge in [0.05, 0.1) is 0 Å². The van der Waals surface area contributed by atoms with Crippen LogP contribution in [0.2, 0.25) is 0 Å². The second kappa shape index (κ2) is 8.16. The molecular weight excluding hydrogens is 220 g/mol. The van der Waals surface area contributed by atoms with Gasteiger partial charge in [0.15, 0.2) is 0 Å². The minimum atomic E-state index is 0.910. The van der Waals surface area contributed by atoms with Gasteiger partial charge >= 0.3 is 0 Å². The van der Waals surface area contributed by atoms with Crippen molar-refractivity contribution in [2.24, 2.45) is 5.92 Å². The lowest BCUT2D eigenvalue weighted by Gasteiger charge is -2.34. The predicted molar refractivity (Wildman–Crippen MR) is 78.9 cm³/mol. The Hall–Kier alpha value is -0.0800. The van der Waals surface area contributed by atoms with Gasteiger partial charge in [-0.1, -0.05) is 26.2 Å². The normalized spacial score (nSPS) is 26.7. The lowest BCUT2D eigenvalue weighted by molar-refractivity contribution is 0.157. The third kappa shape index (κ3) is 4.55. The third-order valence-electron chi connectivity index (χ3n) is 4.95. The Morgan fingerprint density at radius 3 is 2.56 bits per heavy atom. The van der Waals surface area contributed by atoms with Gasteiger partial charge < -0.3 is 10.2 Å². The number of nitrogens with zero attached hydrogens (tertiary/aromatic N) is 1. The Balaban J connectivity index is 1.63. The molecule has 1 aliphatic heterocycles. The molecule has 1 heterocycles. The highest BCUT2D eigenvalue weighted by Crippen LogP contribution is 2.23. The fourth-order valence-corrected chi connectivity index (χ4v) is 3.80. The van der Waals surface area contributed by atoms with Crippen LogP contribution in [0.4, 0.5) is 0 Å². The molecule has 2 heteroatoms. The first-order valence-corrected chi connectivity index (χ1v) is 8.35. The largest absolute Gasteiger partial charge is 0.316 e. The molecule has 1 saturated heterocycles. The summed E-state index contributed by atoms with van der Waals surface area (Å²) in [4.78, 5) is 2.76. The smallest absolute Gasteiger partial charge is 0.00951 e. The summed E-state index contributed by atoms with van der Waals surface area (Å²) in [5.41, 5.74) is 0. The van der Waals surface area contributed by atoms with Crippen LogP contribution in [0.1, 0.15) is 64.7 Å². The molecule has 0 aromatic rings. The van der Waals surface area contributed by atoms with Gasteiger partial charge in [0.25, 0.3) is 0 Å². The van der Waals surface area contributed by atoms with Gasteiger partial charge in [-0.15, -0.1) is 0 Å². The number of hydrogen-bond acceptors (Lipinski definition) is 2. The zero-order valence-corrected chi connectivity index (χ0v) is 12.3. The van der Waals surface area contributed by atoms with E-state index in [1.807, 2.05) is 0 Å². The second-order valence-electron chi connectivity index (χ2n) is 6.28. The summed E-state index contributed by atoms with van der Waals surface area (Å²) >= 11 is 0. The van der Waals surface area contributed by atoms with Gasteiger partial charge in [0.2, 0.25) is 0 Å². The number of rotatable bonds is 6. The van der Waals surface area contributed by atoms with Crippen LogP contribution in [0.5, 0.6) is 0 Å². The molecule has 2 aliphatic rings. The van der Waals surface area contributed by atoms with Crippen molar-refractivity contribution in [3.63, 3.8) is 0 Å². The number of piperidine rings is 1. The molecule has 0 radical (unpaired) electrons. The lowest BCUT2D eigenvalue weighted by atomic mass is 9.92. The van der Waals surface area contributed by atoms with Crippen LogP contribution in [0.25, 0.3) is 0 Å². The first-order chi connectivity index (χ1) is 8.90. The van der Waals surface area contributed by atoms with Crippen molar-refractivity contribution < 1.29 is 0 Å². The molecule has 2 nitrogen and oxygen atoms in total. The van der Waals surface area contributed by atoms with Crippen molar-refractivity contribution >= 4 is 0 Å². The molecule has 1 N–H and O–H groups in total. The first kappa shape index (κ1) is 14.3. The highest BCUT2D eigenvalue weighted by molar-refractivity contribution is 4.76. The van der Waals surface area contributed by atoms with E-state index in [9.17, 15) is 0 Å². The van der Waals surface area contributed by atoms with Gasteiger partial charge in [-0.25, -0.2) is 0 Å². The van der Waals surface area contributed by atoms with Crippen LogP contribution in [0.15, 0.2) is 0 Å². The summed E-state index contributed by atoms with van der Waals surface area (Å²) < 4.78 is 0. The van der Waals surface area contributed by atoms with Gasteiger partial charge in [0, 0.05) is 6.04 Å². The molecule has 0 spiro atoms. The van der Waals surface area contributed by atoms with Crippen molar-refractivity contribution in [3.05, 3.63) is 0 Å². The van der Waals surface area contributed by atoms with E-state index in [-0.39, 0.29) is 0 Å². The number of nitrogens with one attached hydrogen (secondary N) is 1. The maximum Gasteiger partial charge on any atom is 0.00951 e. The average Bonchev–Trinajstić information content (AvgIpc) is 2.46. The van der Waals surface area contributed by atoms with Crippen LogP contribution in [0.3, 0.4) is 0 Å². The standard InChI is InChI=1S/C16H32N2/c1-2-18(16-10-4-3-5-11-16)13-7-9-15-8-6-12-17-14-15/h15-17H,2-14H2,1H3. The molecule has 0 amide bonds. The topological polar surface area (TPSA) is 15.3 Å². The Morgan fingerprint density at radius 2 is 1.89 bits per heavy atom. The van der Waals surface area contributed by atoms with Gasteiger partial charge in [0.1, 0.15) is 0 Å². The SMILES string of the molecule is CCN(CCCC1CCCNC1)C1CCCCC1. The van der Waals surface area contributed by atoms with Gasteiger partial charge in [-0.05, 0) is 70.6 Å². The zero-order valence-electron chi connectivity index (χ0n) is 12.3. The van der Waals surface area contributed by atoms with E-state index in [0.29, 0.717) is 0 Å². The highest BCUT2D eigenvalue weighted by atomic mass is 15.1. The summed E-state index contributed by atoms with van der Waals surface area (Å²) in [7, 11) is 0. The highest BCUT2D eigenvalue weighted by Gasteiger charge is 2.20. The monoisotopic (exact) mass is 252 g/mol. The molecule has 18 heavy (non-hydrogen) atoms. The van der Waals surface area contributed by atoms with E-state index < -0.39 is 0 Å². The molecule has 1 unspecified atom stereocenters. The van der Waals surface area contributed by atoms with E-state index >= 15 is 0 Å². The third-order valence-corrected chi connectivity index (χ3v) is 4.95. The molecule has 0 aromatic heterocycles. The molecule has 0 aromatic carbocycles. The van der Waals surface area contributed by atoms with Crippen LogP contribution in [-0.2, 0) is 0 Å². The van der Waals surface area contributed by atoms with E-state index in [2.05, 4.69) is 17.1 Å². The quantitative estimate of drug-likeness (QED) is 0.779. The fourth-order valence-electron chi connectivity index (χ4n) is 3.80. The Morgan fingerprint density at radius 1 is 1.06 bits per heavy atom. The molecule has 106 valence electrons. The van der Waals surface area contributed by atoms with Crippen LogP contribution >= 0.6 is 0 Å².